The molecular weight excluding hydrogens is 166 g/mol. The van der Waals surface area contributed by atoms with Crippen molar-refractivity contribution in [3.05, 3.63) is 5.82 Å². The molecule has 0 atom stereocenters. The number of anilines is 2. The highest BCUT2D eigenvalue weighted by Gasteiger charge is 2.01. The van der Waals surface area contributed by atoms with E-state index in [1.54, 1.807) is 7.05 Å². The average Bonchev–Trinajstić information content (AvgIpc) is 2.17. The summed E-state index contributed by atoms with van der Waals surface area (Å²) in [4.78, 5) is 12.5. The Morgan fingerprint density at radius 3 is 2.31 bits per heavy atom. The zero-order valence-electron chi connectivity index (χ0n) is 8.26. The molecule has 1 aromatic rings. The molecule has 0 saturated heterocycles. The standard InChI is InChI=1S/C8H15N5/c1-4-6-11-7(9-3)13-8(12-6)10-5-2/h4-5H2,1-3H3,(H2,9,10,11,12,13). The Bertz CT molecular complexity index is 251. The zero-order chi connectivity index (χ0) is 9.68. The maximum absolute atomic E-state index is 4.22. The second-order valence-corrected chi connectivity index (χ2v) is 2.53. The van der Waals surface area contributed by atoms with Gasteiger partial charge in [-0.05, 0) is 6.92 Å². The summed E-state index contributed by atoms with van der Waals surface area (Å²) in [6, 6.07) is 0. The first-order valence-electron chi connectivity index (χ1n) is 4.46. The summed E-state index contributed by atoms with van der Waals surface area (Å²) in [5, 5.41) is 5.95. The van der Waals surface area contributed by atoms with Crippen molar-refractivity contribution in [2.75, 3.05) is 24.2 Å². The molecule has 13 heavy (non-hydrogen) atoms. The third kappa shape index (κ3) is 2.54. The molecule has 0 aromatic carbocycles. The molecule has 1 heterocycles. The van der Waals surface area contributed by atoms with Gasteiger partial charge in [0.2, 0.25) is 11.9 Å². The number of rotatable bonds is 4. The number of nitrogens with zero attached hydrogens (tertiary/aromatic N) is 3. The lowest BCUT2D eigenvalue weighted by atomic mass is 10.4. The molecule has 1 aromatic heterocycles. The van der Waals surface area contributed by atoms with Crippen molar-refractivity contribution < 1.29 is 0 Å². The van der Waals surface area contributed by atoms with Gasteiger partial charge >= 0.3 is 0 Å². The summed E-state index contributed by atoms with van der Waals surface area (Å²) in [6.07, 6.45) is 0.815. The zero-order valence-corrected chi connectivity index (χ0v) is 8.26. The van der Waals surface area contributed by atoms with Crippen molar-refractivity contribution in [2.45, 2.75) is 20.3 Å². The van der Waals surface area contributed by atoms with Crippen molar-refractivity contribution >= 4 is 11.9 Å². The molecule has 0 aliphatic rings. The van der Waals surface area contributed by atoms with Crippen molar-refractivity contribution in [2.24, 2.45) is 0 Å². The van der Waals surface area contributed by atoms with Gasteiger partial charge in [0, 0.05) is 20.0 Å². The van der Waals surface area contributed by atoms with Gasteiger partial charge in [-0.25, -0.2) is 0 Å². The van der Waals surface area contributed by atoms with E-state index in [4.69, 9.17) is 0 Å². The Morgan fingerprint density at radius 1 is 1.08 bits per heavy atom. The molecule has 0 radical (unpaired) electrons. The van der Waals surface area contributed by atoms with Crippen LogP contribution in [0.2, 0.25) is 0 Å². The molecule has 0 fully saturated rings. The first-order valence-corrected chi connectivity index (χ1v) is 4.46. The molecule has 72 valence electrons. The number of aryl methyl sites for hydroxylation is 1. The Hall–Kier alpha value is -1.39. The van der Waals surface area contributed by atoms with Crippen LogP contribution in [0.15, 0.2) is 0 Å². The number of hydrogen-bond donors (Lipinski definition) is 2. The topological polar surface area (TPSA) is 62.7 Å². The average molecular weight is 181 g/mol. The minimum atomic E-state index is 0.614. The molecule has 0 saturated carbocycles. The van der Waals surface area contributed by atoms with Gasteiger partial charge < -0.3 is 10.6 Å². The van der Waals surface area contributed by atoms with Gasteiger partial charge in [-0.2, -0.15) is 15.0 Å². The van der Waals surface area contributed by atoms with Crippen LogP contribution in [0.5, 0.6) is 0 Å². The van der Waals surface area contributed by atoms with Gasteiger partial charge in [0.05, 0.1) is 0 Å². The molecule has 0 aliphatic heterocycles. The smallest absolute Gasteiger partial charge is 0.227 e. The van der Waals surface area contributed by atoms with Crippen LogP contribution < -0.4 is 10.6 Å². The molecule has 1 rings (SSSR count). The number of aromatic nitrogens is 3. The van der Waals surface area contributed by atoms with Crippen LogP contribution in [0.1, 0.15) is 19.7 Å². The lowest BCUT2D eigenvalue weighted by Gasteiger charge is -2.05. The fraction of sp³-hybridized carbons (Fsp3) is 0.625. The lowest BCUT2D eigenvalue weighted by molar-refractivity contribution is 0.898. The SMILES string of the molecule is CCNc1nc(CC)nc(NC)n1. The largest absolute Gasteiger partial charge is 0.357 e. The maximum Gasteiger partial charge on any atom is 0.227 e. The van der Waals surface area contributed by atoms with Gasteiger partial charge in [-0.1, -0.05) is 6.92 Å². The van der Waals surface area contributed by atoms with Crippen molar-refractivity contribution in [1.82, 2.24) is 15.0 Å². The quantitative estimate of drug-likeness (QED) is 0.722. The van der Waals surface area contributed by atoms with Gasteiger partial charge in [0.15, 0.2) is 0 Å². The van der Waals surface area contributed by atoms with E-state index in [-0.39, 0.29) is 0 Å². The van der Waals surface area contributed by atoms with E-state index in [1.165, 1.54) is 0 Å². The van der Waals surface area contributed by atoms with E-state index in [1.807, 2.05) is 13.8 Å². The molecule has 0 spiro atoms. The summed E-state index contributed by atoms with van der Waals surface area (Å²) < 4.78 is 0. The first-order chi connectivity index (χ1) is 6.30. The summed E-state index contributed by atoms with van der Waals surface area (Å²) in [6.45, 7) is 4.84. The summed E-state index contributed by atoms with van der Waals surface area (Å²) in [7, 11) is 1.80. The molecule has 5 nitrogen and oxygen atoms in total. The van der Waals surface area contributed by atoms with E-state index in [0.717, 1.165) is 18.8 Å². The van der Waals surface area contributed by atoms with E-state index >= 15 is 0 Å². The normalized spacial score (nSPS) is 9.77. The van der Waals surface area contributed by atoms with Gasteiger partial charge in [0.1, 0.15) is 5.82 Å². The first kappa shape index (κ1) is 9.70. The van der Waals surface area contributed by atoms with Crippen molar-refractivity contribution in [3.8, 4) is 0 Å². The third-order valence-electron chi connectivity index (χ3n) is 1.56. The summed E-state index contributed by atoms with van der Waals surface area (Å²) >= 11 is 0. The van der Waals surface area contributed by atoms with Crippen LogP contribution in [0.3, 0.4) is 0 Å². The van der Waals surface area contributed by atoms with Crippen molar-refractivity contribution in [1.29, 1.82) is 0 Å². The predicted octanol–water partition coefficient (Wildman–Crippen LogP) is 0.907. The highest BCUT2D eigenvalue weighted by Crippen LogP contribution is 2.04. The van der Waals surface area contributed by atoms with E-state index in [0.29, 0.717) is 11.9 Å². The summed E-state index contributed by atoms with van der Waals surface area (Å²) in [5.41, 5.74) is 0. The monoisotopic (exact) mass is 181 g/mol. The van der Waals surface area contributed by atoms with E-state index in [9.17, 15) is 0 Å². The van der Waals surface area contributed by atoms with Gasteiger partial charge in [-0.15, -0.1) is 0 Å². The second kappa shape index (κ2) is 4.59. The minimum Gasteiger partial charge on any atom is -0.357 e. The van der Waals surface area contributed by atoms with Crippen LogP contribution in [0.25, 0.3) is 0 Å². The Kier molecular flexibility index (Phi) is 3.42. The van der Waals surface area contributed by atoms with Crippen LogP contribution >= 0.6 is 0 Å². The van der Waals surface area contributed by atoms with Crippen LogP contribution in [0.4, 0.5) is 11.9 Å². The van der Waals surface area contributed by atoms with Crippen LogP contribution in [-0.4, -0.2) is 28.5 Å². The molecule has 0 unspecified atom stereocenters. The Morgan fingerprint density at radius 2 is 1.77 bits per heavy atom. The van der Waals surface area contributed by atoms with E-state index < -0.39 is 0 Å². The molecule has 2 N–H and O–H groups in total. The second-order valence-electron chi connectivity index (χ2n) is 2.53. The fourth-order valence-electron chi connectivity index (χ4n) is 0.927. The molecular formula is C8H15N5. The highest BCUT2D eigenvalue weighted by molar-refractivity contribution is 5.33. The lowest BCUT2D eigenvalue weighted by Crippen LogP contribution is -2.08. The highest BCUT2D eigenvalue weighted by atomic mass is 15.2. The fourth-order valence-corrected chi connectivity index (χ4v) is 0.927. The molecule has 0 aliphatic carbocycles. The summed E-state index contributed by atoms with van der Waals surface area (Å²) in [5.74, 6) is 2.05. The minimum absolute atomic E-state index is 0.614. The Balaban J connectivity index is 2.93. The Labute approximate surface area is 78.0 Å². The molecule has 0 amide bonds. The van der Waals surface area contributed by atoms with Crippen molar-refractivity contribution in [3.63, 3.8) is 0 Å². The number of hydrogen-bond acceptors (Lipinski definition) is 5. The third-order valence-corrected chi connectivity index (χ3v) is 1.56. The van der Waals surface area contributed by atoms with E-state index in [2.05, 4.69) is 25.6 Å². The van der Waals surface area contributed by atoms with Gasteiger partial charge in [-0.3, -0.25) is 0 Å². The maximum atomic E-state index is 4.22. The van der Waals surface area contributed by atoms with Crippen LogP contribution in [-0.2, 0) is 6.42 Å². The molecule has 0 bridgehead atoms. The molecule has 5 heteroatoms. The number of nitrogens with one attached hydrogen (secondary N) is 2. The predicted molar refractivity (Wildman–Crippen MR) is 52.9 cm³/mol. The van der Waals surface area contributed by atoms with Crippen LogP contribution in [0, 0.1) is 0 Å². The van der Waals surface area contributed by atoms with Gasteiger partial charge in [0.25, 0.3) is 0 Å².